The number of amides is 3. The number of hydrogen-bond donors (Lipinski definition) is 0. The molecule has 2 aliphatic rings. The van der Waals surface area contributed by atoms with Crippen LogP contribution in [0.5, 0.6) is 5.75 Å². The average molecular weight is 504 g/mol. The summed E-state index contributed by atoms with van der Waals surface area (Å²) in [6.07, 6.45) is 6.35. The number of benzene rings is 1. The van der Waals surface area contributed by atoms with Crippen LogP contribution in [0, 0.1) is 28.5 Å². The van der Waals surface area contributed by atoms with E-state index in [4.69, 9.17) is 4.74 Å². The van der Waals surface area contributed by atoms with Crippen molar-refractivity contribution in [3.8, 4) is 17.9 Å². The Kier molecular flexibility index (Phi) is 5.82. The minimum Gasteiger partial charge on any atom is -0.494 e. The van der Waals surface area contributed by atoms with Crippen LogP contribution in [0.4, 0.5) is 14.9 Å². The van der Waals surface area contributed by atoms with Crippen molar-refractivity contribution in [2.24, 2.45) is 7.05 Å². The topological polar surface area (TPSA) is 128 Å². The third kappa shape index (κ3) is 3.54. The van der Waals surface area contributed by atoms with Gasteiger partial charge in [0.1, 0.15) is 5.25 Å². The molecule has 2 atom stereocenters. The molecular formula is C24H18FN7O3S. The molecule has 0 saturated carbocycles. The number of thioether (sulfide) groups is 1. The van der Waals surface area contributed by atoms with E-state index in [0.29, 0.717) is 21.4 Å². The van der Waals surface area contributed by atoms with E-state index in [1.165, 1.54) is 30.3 Å². The van der Waals surface area contributed by atoms with Crippen LogP contribution >= 0.6 is 11.8 Å². The number of halogens is 1. The van der Waals surface area contributed by atoms with Crippen LogP contribution in [0.25, 0.3) is 15.8 Å². The van der Waals surface area contributed by atoms with Crippen molar-refractivity contribution in [1.29, 1.82) is 10.5 Å². The van der Waals surface area contributed by atoms with Gasteiger partial charge in [-0.3, -0.25) is 14.5 Å². The summed E-state index contributed by atoms with van der Waals surface area (Å²) in [5, 5.41) is 22.9. The van der Waals surface area contributed by atoms with Crippen molar-refractivity contribution < 1.29 is 18.7 Å². The molecule has 5 rings (SSSR count). The molecule has 10 nitrogen and oxygen atoms in total. The van der Waals surface area contributed by atoms with Crippen molar-refractivity contribution in [3.63, 3.8) is 0 Å². The number of aryl methyl sites for hydroxylation is 1. The highest BCUT2D eigenvalue weighted by Crippen LogP contribution is 2.47. The molecule has 2 aliphatic heterocycles. The van der Waals surface area contributed by atoms with Gasteiger partial charge in [-0.15, -0.1) is 11.8 Å². The van der Waals surface area contributed by atoms with Crippen LogP contribution in [0.2, 0.25) is 0 Å². The number of nitrogens with zero attached hydrogens (tertiary/aromatic N) is 7. The van der Waals surface area contributed by atoms with Gasteiger partial charge >= 0.3 is 6.03 Å². The van der Waals surface area contributed by atoms with Crippen LogP contribution < -0.4 is 9.64 Å². The Hall–Kier alpha value is -4.42. The number of aromatic nitrogens is 3. The quantitative estimate of drug-likeness (QED) is 0.519. The smallest absolute Gasteiger partial charge is 0.332 e. The maximum Gasteiger partial charge on any atom is 0.332 e. The maximum absolute atomic E-state index is 14.5. The molecule has 0 aliphatic carbocycles. The zero-order chi connectivity index (χ0) is 25.6. The Morgan fingerprint density at radius 2 is 2.03 bits per heavy atom. The summed E-state index contributed by atoms with van der Waals surface area (Å²) in [5.74, 6) is -1.19. The van der Waals surface area contributed by atoms with Gasteiger partial charge in [-0.2, -0.15) is 15.6 Å². The summed E-state index contributed by atoms with van der Waals surface area (Å²) in [6, 6.07) is 5.31. The van der Waals surface area contributed by atoms with Crippen molar-refractivity contribution in [2.45, 2.75) is 17.7 Å². The molecule has 12 heteroatoms. The number of ether oxygens (including phenoxy) is 1. The third-order valence-corrected chi connectivity index (χ3v) is 7.49. The summed E-state index contributed by atoms with van der Waals surface area (Å²) < 4.78 is 21.1. The second kappa shape index (κ2) is 8.98. The second-order valence-corrected chi connectivity index (χ2v) is 9.31. The number of rotatable bonds is 5. The van der Waals surface area contributed by atoms with Crippen LogP contribution in [-0.4, -0.2) is 56.5 Å². The Balaban J connectivity index is 1.60. The lowest BCUT2D eigenvalue weighted by molar-refractivity contribution is -0.119. The molecule has 36 heavy (non-hydrogen) atoms. The summed E-state index contributed by atoms with van der Waals surface area (Å²) in [4.78, 5) is 34.6. The Bertz CT molecular complexity index is 1540. The highest BCUT2D eigenvalue weighted by atomic mass is 32.2. The number of hydrogen-bond acceptors (Lipinski definition) is 8. The summed E-state index contributed by atoms with van der Waals surface area (Å²) >= 11 is 1.15. The van der Waals surface area contributed by atoms with Gasteiger partial charge in [-0.25, -0.2) is 14.1 Å². The highest BCUT2D eigenvalue weighted by Gasteiger charge is 2.50. The van der Waals surface area contributed by atoms with Crippen LogP contribution in [-0.2, 0) is 11.8 Å². The minimum atomic E-state index is -0.767. The van der Waals surface area contributed by atoms with E-state index in [2.05, 4.69) is 10.1 Å². The Morgan fingerprint density at radius 3 is 2.75 bits per heavy atom. The Morgan fingerprint density at radius 1 is 1.22 bits per heavy atom. The predicted molar refractivity (Wildman–Crippen MR) is 129 cm³/mol. The fourth-order valence-corrected chi connectivity index (χ4v) is 5.85. The van der Waals surface area contributed by atoms with Gasteiger partial charge in [0.25, 0.3) is 5.91 Å². The number of methoxy groups -OCH3 is 1. The van der Waals surface area contributed by atoms with Crippen molar-refractivity contribution in [2.75, 3.05) is 18.6 Å². The molecular weight excluding hydrogens is 485 g/mol. The summed E-state index contributed by atoms with van der Waals surface area (Å²) in [6.45, 7) is 0.0848. The lowest BCUT2D eigenvalue weighted by atomic mass is 10.0. The molecule has 1 saturated heterocycles. The van der Waals surface area contributed by atoms with E-state index < -0.39 is 29.0 Å². The zero-order valence-corrected chi connectivity index (χ0v) is 20.0. The van der Waals surface area contributed by atoms with Crippen LogP contribution in [0.1, 0.15) is 17.5 Å². The van der Waals surface area contributed by atoms with E-state index in [-0.39, 0.29) is 30.0 Å². The van der Waals surface area contributed by atoms with Gasteiger partial charge in [0, 0.05) is 41.7 Å². The lowest BCUT2D eigenvalue weighted by Gasteiger charge is -2.40. The molecule has 3 aromatic rings. The SMILES string of the molecule is COc1cc(C#N)c(C2=CC3C(S2)C(=O)N(c2cncc4cnn(C)c24)C(=O)N3CCC#N)cc1F. The second-order valence-electron chi connectivity index (χ2n) is 8.13. The standard InChI is InChI=1S/C24H18FN7O3S/c1-30-21-14(11-29-30)10-28-12-18(21)32-23(33)22-17(31(24(32)34)5-3-4-26)8-20(36-22)15-7-16(25)19(35-2)6-13(15)9-27/h6-8,10-12,17,22H,3,5H2,1-2H3. The average Bonchev–Trinajstić information content (AvgIpc) is 3.49. The van der Waals surface area contributed by atoms with Gasteiger partial charge < -0.3 is 9.64 Å². The molecule has 2 unspecified atom stereocenters. The Labute approximate surface area is 209 Å². The number of carbonyl (C=O) groups excluding carboxylic acids is 2. The first-order chi connectivity index (χ1) is 17.4. The number of pyridine rings is 1. The molecule has 2 aromatic heterocycles. The molecule has 0 spiro atoms. The van der Waals surface area contributed by atoms with E-state index in [1.54, 1.807) is 30.2 Å². The maximum atomic E-state index is 14.5. The predicted octanol–water partition coefficient (Wildman–Crippen LogP) is 3.20. The van der Waals surface area contributed by atoms with Crippen LogP contribution in [0.15, 0.2) is 36.8 Å². The van der Waals surface area contributed by atoms with E-state index in [0.717, 1.165) is 16.7 Å². The molecule has 1 fully saturated rings. The van der Waals surface area contributed by atoms with Crippen molar-refractivity contribution >= 4 is 45.2 Å². The fraction of sp³-hybridized carbons (Fsp3) is 0.250. The van der Waals surface area contributed by atoms with E-state index in [1.807, 2.05) is 12.1 Å². The normalized spacial score (nSPS) is 19.2. The van der Waals surface area contributed by atoms with Gasteiger partial charge in [0.05, 0.1) is 60.9 Å². The molecule has 0 radical (unpaired) electrons. The van der Waals surface area contributed by atoms with Gasteiger partial charge in [-0.05, 0) is 12.1 Å². The van der Waals surface area contributed by atoms with E-state index >= 15 is 0 Å². The molecule has 180 valence electrons. The first kappa shape index (κ1) is 23.3. The number of urea groups is 1. The molecule has 0 N–H and O–H groups in total. The fourth-order valence-electron chi connectivity index (χ4n) is 4.49. The molecule has 1 aromatic carbocycles. The third-order valence-electron chi connectivity index (χ3n) is 6.15. The van der Waals surface area contributed by atoms with Crippen LogP contribution in [0.3, 0.4) is 0 Å². The molecule has 4 heterocycles. The largest absolute Gasteiger partial charge is 0.494 e. The van der Waals surface area contributed by atoms with Crippen molar-refractivity contribution in [1.82, 2.24) is 19.7 Å². The number of imide groups is 1. The summed E-state index contributed by atoms with van der Waals surface area (Å²) in [5.41, 5.74) is 1.32. The first-order valence-electron chi connectivity index (χ1n) is 10.8. The van der Waals surface area contributed by atoms with Gasteiger partial charge in [0.2, 0.25) is 0 Å². The number of nitriles is 2. The molecule has 3 amide bonds. The number of anilines is 1. The van der Waals surface area contributed by atoms with Gasteiger partial charge in [0.15, 0.2) is 11.6 Å². The first-order valence-corrected chi connectivity index (χ1v) is 11.7. The monoisotopic (exact) mass is 503 g/mol. The minimum absolute atomic E-state index is 0.0552. The number of carbonyl (C=O) groups is 2. The lowest BCUT2D eigenvalue weighted by Crippen LogP contribution is -2.62. The zero-order valence-electron chi connectivity index (χ0n) is 19.2. The van der Waals surface area contributed by atoms with Gasteiger partial charge in [-0.1, -0.05) is 0 Å². The molecule has 0 bridgehead atoms. The van der Waals surface area contributed by atoms with Crippen molar-refractivity contribution in [3.05, 3.63) is 53.7 Å². The summed E-state index contributed by atoms with van der Waals surface area (Å²) in [7, 11) is 3.01. The highest BCUT2D eigenvalue weighted by molar-refractivity contribution is 8.09. The van der Waals surface area contributed by atoms with E-state index in [9.17, 15) is 24.5 Å². The number of fused-ring (bicyclic) bond motifs is 2.